The predicted octanol–water partition coefficient (Wildman–Crippen LogP) is 3.18. The van der Waals surface area contributed by atoms with Gasteiger partial charge in [0.25, 0.3) is 0 Å². The molecule has 0 unspecified atom stereocenters. The molecule has 0 aliphatic carbocycles. The maximum Gasteiger partial charge on any atom is 0.180 e. The van der Waals surface area contributed by atoms with Gasteiger partial charge in [-0.05, 0) is 12.1 Å². The number of Topliss-reactive ketones (excluding diaryl/α,β-unsaturated/α-hetero) is 1. The van der Waals surface area contributed by atoms with Gasteiger partial charge in [0, 0.05) is 46.8 Å². The molecule has 0 saturated carbocycles. The van der Waals surface area contributed by atoms with Crippen LogP contribution in [0.1, 0.15) is 23.7 Å². The monoisotopic (exact) mass is 366 g/mol. The van der Waals surface area contributed by atoms with E-state index in [-0.39, 0.29) is 40.5 Å². The number of nitrogens with two attached hydrogens (primary N) is 2. The van der Waals surface area contributed by atoms with Crippen molar-refractivity contribution in [3.8, 4) is 22.4 Å². The van der Waals surface area contributed by atoms with Crippen LogP contribution in [0, 0.1) is 5.82 Å². The summed E-state index contributed by atoms with van der Waals surface area (Å²) in [6.07, 6.45) is 5.02. The summed E-state index contributed by atoms with van der Waals surface area (Å²) >= 11 is 0. The van der Waals surface area contributed by atoms with E-state index in [2.05, 4.69) is 20.3 Å². The summed E-state index contributed by atoms with van der Waals surface area (Å²) in [6, 6.07) is 2.50. The van der Waals surface area contributed by atoms with Crippen molar-refractivity contribution in [1.82, 2.24) is 20.3 Å². The summed E-state index contributed by atoms with van der Waals surface area (Å²) in [5.41, 5.74) is 14.1. The number of hydrogen-bond donors (Lipinski definition) is 3. The molecular weight excluding hydrogens is 351 g/mol. The van der Waals surface area contributed by atoms with Crippen molar-refractivity contribution in [2.45, 2.75) is 13.3 Å². The number of aromatic nitrogens is 4. The lowest BCUT2D eigenvalue weighted by atomic mass is 9.98. The number of H-pyrrole nitrogens is 1. The highest BCUT2D eigenvalue weighted by molar-refractivity contribution is 6.07. The Balaban J connectivity index is 2.00. The van der Waals surface area contributed by atoms with Gasteiger partial charge in [-0.15, -0.1) is 0 Å². The zero-order valence-corrected chi connectivity index (χ0v) is 14.3. The van der Waals surface area contributed by atoms with Crippen LogP contribution in [0.25, 0.3) is 33.4 Å². The van der Waals surface area contributed by atoms with Crippen molar-refractivity contribution in [2.24, 2.45) is 0 Å². The first-order valence-corrected chi connectivity index (χ1v) is 8.16. The average molecular weight is 366 g/mol. The molecule has 3 heterocycles. The molecule has 0 saturated heterocycles. The number of benzene rings is 1. The Morgan fingerprint density at radius 3 is 2.78 bits per heavy atom. The molecule has 0 aliphatic heterocycles. The minimum atomic E-state index is -0.620. The number of carbonyl (C=O) groups is 1. The highest BCUT2D eigenvalue weighted by atomic mass is 19.1. The Kier molecular flexibility index (Phi) is 3.84. The van der Waals surface area contributed by atoms with Crippen molar-refractivity contribution in [1.29, 1.82) is 0 Å². The van der Waals surface area contributed by atoms with E-state index in [0.29, 0.717) is 16.5 Å². The number of halogens is 1. The number of nitrogen functional groups attached to an aromatic ring is 2. The van der Waals surface area contributed by atoms with Gasteiger partial charge >= 0.3 is 0 Å². The number of anilines is 2. The van der Waals surface area contributed by atoms with Gasteiger partial charge in [-0.1, -0.05) is 12.1 Å². The maximum absolute atomic E-state index is 14.7. The fraction of sp³-hybridized carbons (Fsp3) is 0.111. The maximum atomic E-state index is 14.7. The third kappa shape index (κ3) is 2.60. The predicted molar refractivity (Wildman–Crippen MR) is 98.2 cm³/mol. The van der Waals surface area contributed by atoms with Gasteiger partial charge in [0.15, 0.2) is 17.2 Å². The fourth-order valence-corrected chi connectivity index (χ4v) is 2.98. The molecule has 0 bridgehead atoms. The van der Waals surface area contributed by atoms with Gasteiger partial charge in [-0.2, -0.15) is 5.10 Å². The van der Waals surface area contributed by atoms with Gasteiger partial charge in [0.2, 0.25) is 0 Å². The zero-order chi connectivity index (χ0) is 19.1. The minimum absolute atomic E-state index is 0.0671. The topological polar surface area (TPSA) is 137 Å². The zero-order valence-electron chi connectivity index (χ0n) is 14.3. The molecule has 9 heteroatoms. The lowest BCUT2D eigenvalue weighted by Crippen LogP contribution is -2.05. The summed E-state index contributed by atoms with van der Waals surface area (Å²) in [4.78, 5) is 16.5. The Bertz CT molecular complexity index is 1170. The first-order valence-electron chi connectivity index (χ1n) is 8.16. The first-order chi connectivity index (χ1) is 13.0. The molecule has 5 N–H and O–H groups in total. The second-order valence-electron chi connectivity index (χ2n) is 5.98. The van der Waals surface area contributed by atoms with Crippen LogP contribution < -0.4 is 11.5 Å². The van der Waals surface area contributed by atoms with Crippen molar-refractivity contribution in [2.75, 3.05) is 11.5 Å². The Hall–Kier alpha value is -3.75. The van der Waals surface area contributed by atoms with Crippen LogP contribution in [0.4, 0.5) is 15.9 Å². The molecule has 8 nitrogen and oxygen atoms in total. The molecule has 0 spiro atoms. The molecule has 3 aromatic heterocycles. The van der Waals surface area contributed by atoms with Crippen LogP contribution in [0.2, 0.25) is 0 Å². The van der Waals surface area contributed by atoms with Gasteiger partial charge in [0.1, 0.15) is 5.82 Å². The van der Waals surface area contributed by atoms with E-state index in [0.717, 1.165) is 11.6 Å². The van der Waals surface area contributed by atoms with Gasteiger partial charge in [0.05, 0.1) is 17.3 Å². The van der Waals surface area contributed by atoms with E-state index in [1.165, 1.54) is 12.3 Å². The number of aromatic amines is 1. The standard InChI is InChI=1S/C18H15FN6O2/c1-2-14(26)10-3-9(12(19)4-13(10)20)16-15-17(27-25-18(15)21)11(7-22-16)8-5-23-24-6-8/h3-7H,2,20H2,1H3,(H2,21,25)(H,23,24). The van der Waals surface area contributed by atoms with Crippen molar-refractivity contribution < 1.29 is 13.7 Å². The molecule has 136 valence electrons. The molecule has 0 fully saturated rings. The van der Waals surface area contributed by atoms with Gasteiger partial charge in [-0.3, -0.25) is 14.9 Å². The van der Waals surface area contributed by atoms with Crippen LogP contribution in [0.15, 0.2) is 35.2 Å². The third-order valence-corrected chi connectivity index (χ3v) is 4.35. The number of hydrogen-bond acceptors (Lipinski definition) is 7. The summed E-state index contributed by atoms with van der Waals surface area (Å²) in [6.45, 7) is 1.71. The second-order valence-corrected chi connectivity index (χ2v) is 5.98. The van der Waals surface area contributed by atoms with Crippen LogP contribution in [-0.2, 0) is 0 Å². The Morgan fingerprint density at radius 2 is 2.07 bits per heavy atom. The molecule has 0 amide bonds. The molecule has 0 atom stereocenters. The van der Waals surface area contributed by atoms with Crippen LogP contribution in [0.5, 0.6) is 0 Å². The minimum Gasteiger partial charge on any atom is -0.398 e. The normalized spacial score (nSPS) is 11.2. The first kappa shape index (κ1) is 16.7. The Labute approximate surface area is 152 Å². The van der Waals surface area contributed by atoms with Crippen molar-refractivity contribution >= 4 is 28.3 Å². The summed E-state index contributed by atoms with van der Waals surface area (Å²) < 4.78 is 20.0. The number of fused-ring (bicyclic) bond motifs is 1. The van der Waals surface area contributed by atoms with Gasteiger partial charge in [-0.25, -0.2) is 4.39 Å². The number of nitrogens with one attached hydrogen (secondary N) is 1. The highest BCUT2D eigenvalue weighted by Gasteiger charge is 2.22. The lowest BCUT2D eigenvalue weighted by molar-refractivity contribution is 0.0989. The number of ketones is 1. The average Bonchev–Trinajstić information content (AvgIpc) is 3.31. The van der Waals surface area contributed by atoms with E-state index in [4.69, 9.17) is 16.0 Å². The molecule has 4 aromatic rings. The number of carbonyl (C=O) groups excluding carboxylic acids is 1. The van der Waals surface area contributed by atoms with E-state index < -0.39 is 5.82 Å². The third-order valence-electron chi connectivity index (χ3n) is 4.35. The van der Waals surface area contributed by atoms with Crippen molar-refractivity contribution in [3.63, 3.8) is 0 Å². The molecule has 27 heavy (non-hydrogen) atoms. The second kappa shape index (κ2) is 6.20. The lowest BCUT2D eigenvalue weighted by Gasteiger charge is -2.10. The van der Waals surface area contributed by atoms with Crippen LogP contribution >= 0.6 is 0 Å². The van der Waals surface area contributed by atoms with Crippen molar-refractivity contribution in [3.05, 3.63) is 42.1 Å². The number of rotatable bonds is 4. The van der Waals surface area contributed by atoms with E-state index in [1.807, 2.05) is 0 Å². The molecule has 4 rings (SSSR count). The van der Waals surface area contributed by atoms with E-state index in [1.54, 1.807) is 19.3 Å². The van der Waals surface area contributed by atoms with Crippen LogP contribution in [-0.4, -0.2) is 26.1 Å². The summed E-state index contributed by atoms with van der Waals surface area (Å²) in [5.74, 6) is -0.749. The van der Waals surface area contributed by atoms with Gasteiger partial charge < -0.3 is 16.0 Å². The highest BCUT2D eigenvalue weighted by Crippen LogP contribution is 2.38. The Morgan fingerprint density at radius 1 is 1.26 bits per heavy atom. The molecule has 1 aromatic carbocycles. The largest absolute Gasteiger partial charge is 0.398 e. The fourth-order valence-electron chi connectivity index (χ4n) is 2.98. The summed E-state index contributed by atoms with van der Waals surface area (Å²) in [7, 11) is 0. The van der Waals surface area contributed by atoms with E-state index >= 15 is 0 Å². The number of nitrogens with zero attached hydrogens (tertiary/aromatic N) is 3. The smallest absolute Gasteiger partial charge is 0.180 e. The van der Waals surface area contributed by atoms with Crippen LogP contribution in [0.3, 0.4) is 0 Å². The molecular formula is C18H15FN6O2. The molecule has 0 aliphatic rings. The van der Waals surface area contributed by atoms with E-state index in [9.17, 15) is 9.18 Å². The number of pyridine rings is 1. The summed E-state index contributed by atoms with van der Waals surface area (Å²) in [5, 5.41) is 10.8. The SMILES string of the molecule is CCC(=O)c1cc(-c2ncc(-c3cn[nH]c3)c3onc(N)c23)c(F)cc1N. The quantitative estimate of drug-likeness (QED) is 0.372. The molecule has 0 radical (unpaired) electrons.